The molecule has 0 saturated carbocycles. The average Bonchev–Trinajstić information content (AvgIpc) is 3.15. The lowest BCUT2D eigenvalue weighted by Crippen LogP contribution is -3.14. The van der Waals surface area contributed by atoms with Crippen LogP contribution in [-0.2, 0) is 14.3 Å². The van der Waals surface area contributed by atoms with Crippen LogP contribution in [0.2, 0.25) is 0 Å². The van der Waals surface area contributed by atoms with Crippen LogP contribution >= 0.6 is 0 Å². The van der Waals surface area contributed by atoms with Crippen LogP contribution in [-0.4, -0.2) is 69.2 Å². The highest BCUT2D eigenvalue weighted by molar-refractivity contribution is 6.46. The van der Waals surface area contributed by atoms with Crippen molar-refractivity contribution in [1.82, 2.24) is 4.90 Å². The number of nitrogens with one attached hydrogen (secondary N) is 1. The molecule has 2 aromatic rings. The predicted octanol–water partition coefficient (Wildman–Crippen LogP) is 1.15. The predicted molar refractivity (Wildman–Crippen MR) is 133 cm³/mol. The fourth-order valence-electron chi connectivity index (χ4n) is 4.82. The molecule has 1 unspecified atom stereocenters. The number of amides is 1. The van der Waals surface area contributed by atoms with Crippen molar-refractivity contribution in [1.29, 1.82) is 0 Å². The van der Waals surface area contributed by atoms with Crippen LogP contribution in [0.4, 0.5) is 4.39 Å². The summed E-state index contributed by atoms with van der Waals surface area (Å²) in [6, 6.07) is 9.91. The molecule has 2 saturated heterocycles. The fourth-order valence-corrected chi connectivity index (χ4v) is 4.82. The van der Waals surface area contributed by atoms with Crippen molar-refractivity contribution in [2.75, 3.05) is 46.5 Å². The van der Waals surface area contributed by atoms with E-state index in [9.17, 15) is 19.1 Å². The Morgan fingerprint density at radius 2 is 1.95 bits per heavy atom. The maximum Gasteiger partial charge on any atom is 0.295 e. The Labute approximate surface area is 216 Å². The van der Waals surface area contributed by atoms with E-state index >= 15 is 0 Å². The third-order valence-corrected chi connectivity index (χ3v) is 6.62. The molecule has 2 fully saturated rings. The summed E-state index contributed by atoms with van der Waals surface area (Å²) in [4.78, 5) is 29.2. The lowest BCUT2D eigenvalue weighted by molar-refractivity contribution is -0.908. The van der Waals surface area contributed by atoms with E-state index in [0.29, 0.717) is 37.5 Å². The quantitative estimate of drug-likeness (QED) is 0.308. The molecule has 0 radical (unpaired) electrons. The number of quaternary nitrogens is 1. The smallest absolute Gasteiger partial charge is 0.295 e. The summed E-state index contributed by atoms with van der Waals surface area (Å²) in [7, 11) is 1.52. The molecule has 0 bridgehead atoms. The molecular weight excluding hydrogens is 479 g/mol. The number of methoxy groups -OCH3 is 1. The van der Waals surface area contributed by atoms with Crippen LogP contribution in [0.15, 0.2) is 48.0 Å². The van der Waals surface area contributed by atoms with Gasteiger partial charge in [-0.1, -0.05) is 24.0 Å². The number of hydrogen-bond acceptors (Lipinski definition) is 6. The Bertz CT molecular complexity index is 1180. The van der Waals surface area contributed by atoms with Crippen LogP contribution in [0.25, 0.3) is 5.76 Å². The minimum Gasteiger partial charge on any atom is -0.872 e. The molecule has 2 heterocycles. The van der Waals surface area contributed by atoms with Gasteiger partial charge >= 0.3 is 0 Å². The normalized spacial score (nSPS) is 20.0. The van der Waals surface area contributed by atoms with Gasteiger partial charge in [0.2, 0.25) is 5.78 Å². The van der Waals surface area contributed by atoms with E-state index in [1.54, 1.807) is 38.1 Å². The summed E-state index contributed by atoms with van der Waals surface area (Å²) in [5.74, 6) is -2.42. The van der Waals surface area contributed by atoms with Gasteiger partial charge in [-0.05, 0) is 49.2 Å². The van der Waals surface area contributed by atoms with Crippen molar-refractivity contribution >= 4 is 17.4 Å². The number of carbonyl (C=O) groups is 2. The minimum absolute atomic E-state index is 0.0157. The van der Waals surface area contributed by atoms with E-state index in [1.165, 1.54) is 29.0 Å². The van der Waals surface area contributed by atoms with Gasteiger partial charge in [0.25, 0.3) is 5.91 Å². The maximum atomic E-state index is 14.7. The third-order valence-electron chi connectivity index (χ3n) is 6.62. The van der Waals surface area contributed by atoms with Crippen molar-refractivity contribution in [3.8, 4) is 11.5 Å². The highest BCUT2D eigenvalue weighted by Crippen LogP contribution is 2.40. The zero-order valence-corrected chi connectivity index (χ0v) is 21.4. The minimum atomic E-state index is -0.892. The summed E-state index contributed by atoms with van der Waals surface area (Å²) in [6.45, 7) is 7.85. The first-order valence-electron chi connectivity index (χ1n) is 12.6. The van der Waals surface area contributed by atoms with Gasteiger partial charge in [0, 0.05) is 18.5 Å². The SMILES string of the molecule is COc1cccc(C2C(=C([O-])c3ccc(OC(C)C)c(F)c3)C(=O)C(=O)N2CCC[NH+]2CCOCC2)c1. The fraction of sp³-hybridized carbons (Fsp3) is 0.429. The zero-order valence-electron chi connectivity index (χ0n) is 21.4. The molecule has 0 spiro atoms. The standard InChI is InChI=1S/C28H33FN2O6/c1-18(2)37-23-9-8-20(17-22(23)29)26(32)24-25(19-6-4-7-21(16-19)35-3)31(28(34)27(24)33)11-5-10-30-12-14-36-15-13-30/h4,6-9,16-18,25,32H,5,10-15H2,1-3H3. The number of hydrogen-bond donors (Lipinski definition) is 1. The number of nitrogens with zero attached hydrogens (tertiary/aromatic N) is 1. The van der Waals surface area contributed by atoms with Gasteiger partial charge in [0.1, 0.15) is 18.8 Å². The molecule has 1 atom stereocenters. The van der Waals surface area contributed by atoms with E-state index in [1.807, 2.05) is 0 Å². The van der Waals surface area contributed by atoms with Gasteiger partial charge in [-0.3, -0.25) is 9.59 Å². The topological polar surface area (TPSA) is 92.6 Å². The van der Waals surface area contributed by atoms with Gasteiger partial charge in [0.05, 0.1) is 39.0 Å². The number of ether oxygens (including phenoxy) is 3. The summed E-state index contributed by atoms with van der Waals surface area (Å²) < 4.78 is 30.9. The number of morpholine rings is 1. The van der Waals surface area contributed by atoms with Gasteiger partial charge in [-0.2, -0.15) is 0 Å². The van der Waals surface area contributed by atoms with Crippen molar-refractivity contribution in [2.45, 2.75) is 32.4 Å². The first-order valence-corrected chi connectivity index (χ1v) is 12.6. The van der Waals surface area contributed by atoms with Crippen LogP contribution in [0.5, 0.6) is 11.5 Å². The van der Waals surface area contributed by atoms with E-state index in [-0.39, 0.29) is 23.0 Å². The number of halogens is 1. The van der Waals surface area contributed by atoms with Crippen LogP contribution in [0.1, 0.15) is 37.4 Å². The molecule has 4 rings (SSSR count). The van der Waals surface area contributed by atoms with Crippen molar-refractivity contribution in [3.05, 3.63) is 65.0 Å². The molecule has 8 nitrogen and oxygen atoms in total. The summed E-state index contributed by atoms with van der Waals surface area (Å²) in [6.07, 6.45) is 0.413. The Kier molecular flexibility index (Phi) is 8.45. The zero-order chi connectivity index (χ0) is 26.5. The molecule has 0 aromatic heterocycles. The highest BCUT2D eigenvalue weighted by Gasteiger charge is 2.44. The summed E-state index contributed by atoms with van der Waals surface area (Å²) in [5, 5.41) is 13.6. The van der Waals surface area contributed by atoms with E-state index in [0.717, 1.165) is 25.7 Å². The molecule has 0 aliphatic carbocycles. The van der Waals surface area contributed by atoms with Gasteiger partial charge in [-0.15, -0.1) is 0 Å². The molecule has 1 amide bonds. The second-order valence-corrected chi connectivity index (χ2v) is 9.53. The number of carbonyl (C=O) groups excluding carboxylic acids is 2. The highest BCUT2D eigenvalue weighted by atomic mass is 19.1. The van der Waals surface area contributed by atoms with Gasteiger partial charge in [0.15, 0.2) is 11.6 Å². The summed E-state index contributed by atoms with van der Waals surface area (Å²) in [5.41, 5.74) is 0.381. The van der Waals surface area contributed by atoms with Crippen molar-refractivity contribution < 1.29 is 38.2 Å². The van der Waals surface area contributed by atoms with Crippen LogP contribution in [0, 0.1) is 5.82 Å². The number of ketones is 1. The first kappa shape index (κ1) is 26.6. The molecule has 9 heteroatoms. The van der Waals surface area contributed by atoms with E-state index in [4.69, 9.17) is 14.2 Å². The molecular formula is C28H33FN2O6. The Balaban J connectivity index is 1.69. The van der Waals surface area contributed by atoms with Gasteiger partial charge < -0.3 is 29.1 Å². The first-order chi connectivity index (χ1) is 17.8. The van der Waals surface area contributed by atoms with Crippen LogP contribution in [0.3, 0.4) is 0 Å². The number of Topliss-reactive ketones (excluding diaryl/α,β-unsaturated/α-hetero) is 1. The Morgan fingerprint density at radius 1 is 1.19 bits per heavy atom. The second kappa shape index (κ2) is 11.7. The largest absolute Gasteiger partial charge is 0.872 e. The Hall–Kier alpha value is -3.43. The second-order valence-electron chi connectivity index (χ2n) is 9.53. The van der Waals surface area contributed by atoms with Crippen molar-refractivity contribution in [3.63, 3.8) is 0 Å². The molecule has 198 valence electrons. The lowest BCUT2D eigenvalue weighted by atomic mass is 9.95. The van der Waals surface area contributed by atoms with Crippen LogP contribution < -0.4 is 19.5 Å². The monoisotopic (exact) mass is 512 g/mol. The average molecular weight is 513 g/mol. The van der Waals surface area contributed by atoms with Gasteiger partial charge in [-0.25, -0.2) is 4.39 Å². The summed E-state index contributed by atoms with van der Waals surface area (Å²) >= 11 is 0. The number of benzene rings is 2. The molecule has 2 aliphatic rings. The molecule has 2 aliphatic heterocycles. The molecule has 2 aromatic carbocycles. The molecule has 1 N–H and O–H groups in total. The van der Waals surface area contributed by atoms with E-state index in [2.05, 4.69) is 0 Å². The lowest BCUT2D eigenvalue weighted by Gasteiger charge is -2.29. The van der Waals surface area contributed by atoms with Crippen molar-refractivity contribution in [2.24, 2.45) is 0 Å². The number of likely N-dealkylation sites (tertiary alicyclic amines) is 1. The number of rotatable bonds is 9. The van der Waals surface area contributed by atoms with E-state index < -0.39 is 29.3 Å². The Morgan fingerprint density at radius 3 is 2.62 bits per heavy atom. The third kappa shape index (κ3) is 5.94. The maximum absolute atomic E-state index is 14.7. The molecule has 37 heavy (non-hydrogen) atoms.